The van der Waals surface area contributed by atoms with E-state index in [1.807, 2.05) is 31.4 Å². The second-order valence-electron chi connectivity index (χ2n) is 5.33. The van der Waals surface area contributed by atoms with E-state index in [9.17, 15) is 0 Å². The number of ether oxygens (including phenoxy) is 2. The zero-order chi connectivity index (χ0) is 14.9. The Bertz CT molecular complexity index is 608. The van der Waals surface area contributed by atoms with E-state index >= 15 is 0 Å². The smallest absolute Gasteiger partial charge is 0.215 e. The summed E-state index contributed by atoms with van der Waals surface area (Å²) < 4.78 is 12.7. The summed E-state index contributed by atoms with van der Waals surface area (Å²) in [7, 11) is 3.29. The number of halogens is 1. The number of aromatic nitrogens is 3. The molecule has 2 rings (SSSR count). The first-order valence-electron chi connectivity index (χ1n) is 6.48. The number of hydrogen-bond donors (Lipinski definition) is 0. The van der Waals surface area contributed by atoms with Crippen molar-refractivity contribution >= 4 is 22.8 Å². The van der Waals surface area contributed by atoms with Gasteiger partial charge in [-0.2, -0.15) is 4.98 Å². The first-order chi connectivity index (χ1) is 9.38. The average Bonchev–Trinajstić information content (AvgIpc) is 2.76. The Balaban J connectivity index is 2.60. The molecule has 20 heavy (non-hydrogen) atoms. The van der Waals surface area contributed by atoms with Gasteiger partial charge in [0.05, 0.1) is 24.6 Å². The van der Waals surface area contributed by atoms with E-state index in [0.29, 0.717) is 12.4 Å². The van der Waals surface area contributed by atoms with E-state index in [2.05, 4.69) is 9.97 Å². The summed E-state index contributed by atoms with van der Waals surface area (Å²) in [6.45, 7) is 6.55. The molecule has 5 nitrogen and oxygen atoms in total. The largest absolute Gasteiger partial charge is 0.481 e. The fraction of sp³-hybridized carbons (Fsp3) is 0.571. The standard InChI is InChI=1S/C14H20ClN3O2/c1-9(15)12-16-10-6-7-11(19-4)17-13(10)18(12)8-14(2,3)20-5/h6-7,9H,8H2,1-5H3. The minimum Gasteiger partial charge on any atom is -0.481 e. The summed E-state index contributed by atoms with van der Waals surface area (Å²) in [5.74, 6) is 1.34. The van der Waals surface area contributed by atoms with Crippen LogP contribution in [0, 0.1) is 0 Å². The van der Waals surface area contributed by atoms with Crippen LogP contribution in [0.1, 0.15) is 32.0 Å². The minimum absolute atomic E-state index is 0.206. The monoisotopic (exact) mass is 297 g/mol. The molecule has 2 aromatic rings. The minimum atomic E-state index is -0.334. The maximum absolute atomic E-state index is 6.24. The van der Waals surface area contributed by atoms with Gasteiger partial charge in [0.25, 0.3) is 0 Å². The topological polar surface area (TPSA) is 49.2 Å². The van der Waals surface area contributed by atoms with Crippen LogP contribution in [0.15, 0.2) is 12.1 Å². The average molecular weight is 298 g/mol. The lowest BCUT2D eigenvalue weighted by Crippen LogP contribution is -2.30. The maximum Gasteiger partial charge on any atom is 0.215 e. The molecular formula is C14H20ClN3O2. The van der Waals surface area contributed by atoms with Crippen molar-refractivity contribution in [2.24, 2.45) is 0 Å². The molecule has 0 bridgehead atoms. The highest BCUT2D eigenvalue weighted by Crippen LogP contribution is 2.27. The van der Waals surface area contributed by atoms with Crippen LogP contribution in [-0.4, -0.2) is 34.4 Å². The van der Waals surface area contributed by atoms with Crippen molar-refractivity contribution in [3.63, 3.8) is 0 Å². The number of fused-ring (bicyclic) bond motifs is 1. The third-order valence-electron chi connectivity index (χ3n) is 3.25. The van der Waals surface area contributed by atoms with E-state index in [0.717, 1.165) is 17.0 Å². The molecule has 0 aliphatic carbocycles. The molecule has 0 spiro atoms. The van der Waals surface area contributed by atoms with Crippen LogP contribution in [0.3, 0.4) is 0 Å². The van der Waals surface area contributed by atoms with Gasteiger partial charge in [-0.25, -0.2) is 4.98 Å². The molecule has 2 heterocycles. The number of alkyl halides is 1. The van der Waals surface area contributed by atoms with E-state index in [1.165, 1.54) is 0 Å². The van der Waals surface area contributed by atoms with Crippen LogP contribution in [0.25, 0.3) is 11.2 Å². The fourth-order valence-corrected chi connectivity index (χ4v) is 2.19. The summed E-state index contributed by atoms with van der Waals surface area (Å²) in [6.07, 6.45) is 0. The first kappa shape index (κ1) is 15.1. The lowest BCUT2D eigenvalue weighted by Gasteiger charge is -2.25. The fourth-order valence-electron chi connectivity index (χ4n) is 2.02. The molecule has 6 heteroatoms. The quantitative estimate of drug-likeness (QED) is 0.795. The Kier molecular flexibility index (Phi) is 4.20. The molecule has 2 aromatic heterocycles. The van der Waals surface area contributed by atoms with E-state index in [4.69, 9.17) is 21.1 Å². The van der Waals surface area contributed by atoms with Gasteiger partial charge in [0.2, 0.25) is 5.88 Å². The van der Waals surface area contributed by atoms with Crippen molar-refractivity contribution in [2.75, 3.05) is 14.2 Å². The lowest BCUT2D eigenvalue weighted by molar-refractivity contribution is 0.00829. The van der Waals surface area contributed by atoms with Crippen molar-refractivity contribution in [1.29, 1.82) is 0 Å². The SMILES string of the molecule is COc1ccc2nc(C(C)Cl)n(CC(C)(C)OC)c2n1. The normalized spacial score (nSPS) is 13.7. The molecule has 1 atom stereocenters. The van der Waals surface area contributed by atoms with Gasteiger partial charge in [-0.1, -0.05) is 0 Å². The van der Waals surface area contributed by atoms with Gasteiger partial charge in [-0.05, 0) is 26.8 Å². The van der Waals surface area contributed by atoms with Crippen molar-refractivity contribution in [3.05, 3.63) is 18.0 Å². The van der Waals surface area contributed by atoms with Crippen LogP contribution < -0.4 is 4.74 Å². The van der Waals surface area contributed by atoms with Gasteiger partial charge in [0, 0.05) is 13.2 Å². The van der Waals surface area contributed by atoms with Crippen LogP contribution in [-0.2, 0) is 11.3 Å². The molecule has 0 saturated heterocycles. The Morgan fingerprint density at radius 1 is 1.30 bits per heavy atom. The first-order valence-corrected chi connectivity index (χ1v) is 6.92. The Labute approximate surface area is 123 Å². The lowest BCUT2D eigenvalue weighted by atomic mass is 10.1. The Morgan fingerprint density at radius 3 is 2.55 bits per heavy atom. The zero-order valence-corrected chi connectivity index (χ0v) is 13.2. The van der Waals surface area contributed by atoms with Crippen LogP contribution in [0.4, 0.5) is 0 Å². The summed E-state index contributed by atoms with van der Waals surface area (Å²) in [6, 6.07) is 3.68. The molecular weight excluding hydrogens is 278 g/mol. The molecule has 0 aliphatic heterocycles. The van der Waals surface area contributed by atoms with Crippen LogP contribution in [0.2, 0.25) is 0 Å². The van der Waals surface area contributed by atoms with Gasteiger partial charge in [0.15, 0.2) is 5.65 Å². The summed E-state index contributed by atoms with van der Waals surface area (Å²) in [5.41, 5.74) is 1.23. The molecule has 0 amide bonds. The molecule has 1 unspecified atom stereocenters. The van der Waals surface area contributed by atoms with Gasteiger partial charge in [-0.3, -0.25) is 0 Å². The summed E-state index contributed by atoms with van der Waals surface area (Å²) >= 11 is 6.24. The van der Waals surface area contributed by atoms with E-state index in [1.54, 1.807) is 20.3 Å². The molecule has 0 fully saturated rings. The molecule has 0 saturated carbocycles. The third kappa shape index (κ3) is 2.88. The molecule has 0 radical (unpaired) electrons. The number of rotatable bonds is 5. The maximum atomic E-state index is 6.24. The van der Waals surface area contributed by atoms with Gasteiger partial charge in [-0.15, -0.1) is 11.6 Å². The summed E-state index contributed by atoms with van der Waals surface area (Å²) in [4.78, 5) is 9.04. The van der Waals surface area contributed by atoms with E-state index in [-0.39, 0.29) is 11.0 Å². The van der Waals surface area contributed by atoms with Crippen molar-refractivity contribution in [3.8, 4) is 5.88 Å². The molecule has 0 aromatic carbocycles. The number of imidazole rings is 1. The number of hydrogen-bond acceptors (Lipinski definition) is 4. The molecule has 110 valence electrons. The van der Waals surface area contributed by atoms with Crippen molar-refractivity contribution < 1.29 is 9.47 Å². The second-order valence-corrected chi connectivity index (χ2v) is 5.99. The van der Waals surface area contributed by atoms with Gasteiger partial charge in [0.1, 0.15) is 11.3 Å². The predicted molar refractivity (Wildman–Crippen MR) is 79.4 cm³/mol. The molecule has 0 aliphatic rings. The highest BCUT2D eigenvalue weighted by Gasteiger charge is 2.24. The zero-order valence-electron chi connectivity index (χ0n) is 12.5. The molecule has 0 N–H and O–H groups in total. The number of nitrogens with zero attached hydrogens (tertiary/aromatic N) is 3. The second kappa shape index (κ2) is 5.58. The van der Waals surface area contributed by atoms with Crippen molar-refractivity contribution in [2.45, 2.75) is 38.3 Å². The van der Waals surface area contributed by atoms with Gasteiger partial charge < -0.3 is 14.0 Å². The summed E-state index contributed by atoms with van der Waals surface area (Å²) in [5, 5.41) is -0.206. The van der Waals surface area contributed by atoms with Crippen LogP contribution in [0.5, 0.6) is 5.88 Å². The van der Waals surface area contributed by atoms with Gasteiger partial charge >= 0.3 is 0 Å². The highest BCUT2D eigenvalue weighted by atomic mass is 35.5. The Hall–Kier alpha value is -1.33. The van der Waals surface area contributed by atoms with Crippen LogP contribution >= 0.6 is 11.6 Å². The number of methoxy groups -OCH3 is 2. The third-order valence-corrected chi connectivity index (χ3v) is 3.45. The number of pyridine rings is 1. The highest BCUT2D eigenvalue weighted by molar-refractivity contribution is 6.20. The Morgan fingerprint density at radius 2 is 2.00 bits per heavy atom. The predicted octanol–water partition coefficient (Wildman–Crippen LogP) is 3.16. The van der Waals surface area contributed by atoms with E-state index < -0.39 is 0 Å². The van der Waals surface area contributed by atoms with Crippen molar-refractivity contribution in [1.82, 2.24) is 14.5 Å².